The van der Waals surface area contributed by atoms with Gasteiger partial charge in [-0.25, -0.2) is 9.97 Å². The molecule has 6 aliphatic rings. The van der Waals surface area contributed by atoms with E-state index in [2.05, 4.69) is 20.4 Å². The van der Waals surface area contributed by atoms with E-state index in [1.165, 1.54) is 162 Å². The van der Waals surface area contributed by atoms with Crippen LogP contribution in [0.25, 0.3) is 0 Å². The lowest BCUT2D eigenvalue weighted by Crippen LogP contribution is -3.00. The Bertz CT molecular complexity index is 976. The fraction of sp³-hybridized carbons (Fsp3) is 0.867. The van der Waals surface area contributed by atoms with E-state index in [0.717, 1.165) is 43.5 Å². The highest BCUT2D eigenvalue weighted by atomic mass is 79.9. The molecule has 1 aromatic rings. The third kappa shape index (κ3) is 8.49. The minimum absolute atomic E-state index is 0. The molecule has 0 bridgehead atoms. The van der Waals surface area contributed by atoms with Crippen LogP contribution in [-0.2, 0) is 0 Å². The molecule has 4 N–H and O–H groups in total. The minimum Gasteiger partial charge on any atom is -1.00 e. The van der Waals surface area contributed by atoms with Crippen LogP contribution in [0, 0.1) is 0 Å². The van der Waals surface area contributed by atoms with Gasteiger partial charge < -0.3 is 112 Å². The Morgan fingerprint density at radius 2 is 0.778 bits per heavy atom. The molecule has 0 aromatic carbocycles. The van der Waals surface area contributed by atoms with Crippen LogP contribution in [-0.4, -0.2) is 185 Å². The molecule has 4 spiro atoms. The molecule has 6 aliphatic heterocycles. The Balaban J connectivity index is 0.00000138. The van der Waals surface area contributed by atoms with E-state index < -0.39 is 0 Å². The summed E-state index contributed by atoms with van der Waals surface area (Å²) in [5.41, 5.74) is 7.69. The highest BCUT2D eigenvalue weighted by Crippen LogP contribution is 2.33. The van der Waals surface area contributed by atoms with Crippen molar-refractivity contribution in [3.8, 4) is 0 Å². The largest absolute Gasteiger partial charge is 1.00 e. The quantitative estimate of drug-likeness (QED) is 0.255. The van der Waals surface area contributed by atoms with Gasteiger partial charge in [0.2, 0.25) is 0 Å². The number of aromatic nitrogens is 2. The van der Waals surface area contributed by atoms with Crippen LogP contribution < -0.4 is 94.1 Å². The maximum atomic E-state index is 6.89. The second-order valence-electron chi connectivity index (χ2n) is 14.6. The Kier molecular flexibility index (Phi) is 14.7. The van der Waals surface area contributed by atoms with E-state index in [0.29, 0.717) is 0 Å². The van der Waals surface area contributed by atoms with Crippen LogP contribution in [0.5, 0.6) is 0 Å². The summed E-state index contributed by atoms with van der Waals surface area (Å²) in [6, 6.07) is 0. The van der Waals surface area contributed by atoms with Crippen LogP contribution in [0.15, 0.2) is 6.33 Å². The first-order valence-corrected chi connectivity index (χ1v) is 16.9. The summed E-state index contributed by atoms with van der Waals surface area (Å²) in [6.45, 7) is 30.0. The molecular formula is C30H57Br4N11. The van der Waals surface area contributed by atoms with Gasteiger partial charge in [-0.1, -0.05) is 0 Å². The first kappa shape index (κ1) is 39.6. The van der Waals surface area contributed by atoms with E-state index in [4.69, 9.17) is 15.7 Å². The number of nitrogen functional groups attached to an aromatic ring is 1. The SMILES string of the molecule is Nc1c(N2CC[N+]3(CCC[N+]4(CCNCC4)CC3)CC2)ncnc1N1CC[N+]2(CCC[N+]3(CCNCC3)CC2)CC1.[Br-].[Br-].[Br-].[Br-]. The van der Waals surface area contributed by atoms with Gasteiger partial charge in [-0.05, 0) is 0 Å². The zero-order chi connectivity index (χ0) is 27.8. The minimum atomic E-state index is 0. The molecule has 7 heterocycles. The molecule has 7 rings (SSSR count). The molecule has 0 amide bonds. The second kappa shape index (κ2) is 16.7. The average molecular weight is 891 g/mol. The lowest BCUT2D eigenvalue weighted by atomic mass is 10.2. The third-order valence-electron chi connectivity index (χ3n) is 12.5. The van der Waals surface area contributed by atoms with E-state index in [1.807, 2.05) is 0 Å². The van der Waals surface area contributed by atoms with Crippen molar-refractivity contribution in [1.82, 2.24) is 20.6 Å². The fourth-order valence-corrected chi connectivity index (χ4v) is 9.39. The summed E-state index contributed by atoms with van der Waals surface area (Å²) in [5.74, 6) is 1.95. The standard InChI is InChI=1S/C30H57N11.4BrH/c31-28-29(36-7-19-40(20-8-36)13-1-11-38(23-25-40)15-3-32-4-16-38)34-27-35-30(28)37-9-21-41(22-10-37)14-2-12-39(24-26-41)17-5-33-6-18-39;;;;/h27,32-33H,1-26,31H2;4*1H/q+4;;;;/p-4. The smallest absolute Gasteiger partial charge is 0.157 e. The van der Waals surface area contributed by atoms with Gasteiger partial charge in [-0.2, -0.15) is 0 Å². The van der Waals surface area contributed by atoms with Gasteiger partial charge in [-0.15, -0.1) is 0 Å². The van der Waals surface area contributed by atoms with Crippen molar-refractivity contribution in [2.75, 3.05) is 173 Å². The summed E-state index contributed by atoms with van der Waals surface area (Å²) in [5, 5.41) is 7.15. The van der Waals surface area contributed by atoms with Gasteiger partial charge in [-0.3, -0.25) is 0 Å². The molecule has 45 heavy (non-hydrogen) atoms. The predicted molar refractivity (Wildman–Crippen MR) is 165 cm³/mol. The summed E-state index contributed by atoms with van der Waals surface area (Å²) < 4.78 is 5.30. The van der Waals surface area contributed by atoms with Gasteiger partial charge in [0.05, 0.1) is 105 Å². The van der Waals surface area contributed by atoms with Crippen molar-refractivity contribution in [2.45, 2.75) is 12.8 Å². The normalized spacial score (nSPS) is 26.8. The monoisotopic (exact) mass is 887 g/mol. The number of nitrogens with two attached hydrogens (primary N) is 1. The van der Waals surface area contributed by atoms with E-state index in [1.54, 1.807) is 6.33 Å². The highest BCUT2D eigenvalue weighted by Gasteiger charge is 2.43. The zero-order valence-electron chi connectivity index (χ0n) is 27.1. The second-order valence-corrected chi connectivity index (χ2v) is 14.6. The lowest BCUT2D eigenvalue weighted by molar-refractivity contribution is -0.964. The number of nitrogens with one attached hydrogen (secondary N) is 2. The number of halogens is 4. The molecule has 11 nitrogen and oxygen atoms in total. The molecule has 1 aromatic heterocycles. The van der Waals surface area contributed by atoms with Crippen LogP contribution >= 0.6 is 0 Å². The molecule has 0 atom stereocenters. The van der Waals surface area contributed by atoms with Crippen molar-refractivity contribution >= 4 is 17.3 Å². The van der Waals surface area contributed by atoms with Gasteiger partial charge >= 0.3 is 0 Å². The number of nitrogens with zero attached hydrogens (tertiary/aromatic N) is 8. The molecule has 6 fully saturated rings. The Morgan fingerprint density at radius 1 is 0.467 bits per heavy atom. The Hall–Kier alpha value is 0.160. The molecule has 260 valence electrons. The van der Waals surface area contributed by atoms with E-state index in [9.17, 15) is 0 Å². The average Bonchev–Trinajstić information content (AvgIpc) is 3.28. The molecule has 15 heteroatoms. The number of quaternary nitrogens is 4. The highest BCUT2D eigenvalue weighted by molar-refractivity contribution is 5.75. The number of rotatable bonds is 2. The van der Waals surface area contributed by atoms with E-state index in [-0.39, 0.29) is 67.9 Å². The van der Waals surface area contributed by atoms with Crippen LogP contribution in [0.4, 0.5) is 17.3 Å². The molecule has 0 saturated carbocycles. The van der Waals surface area contributed by atoms with Crippen molar-refractivity contribution in [3.63, 3.8) is 0 Å². The number of hydrogen-bond donors (Lipinski definition) is 3. The number of piperazine rings is 4. The lowest BCUT2D eigenvalue weighted by Gasteiger charge is -2.46. The van der Waals surface area contributed by atoms with Crippen LogP contribution in [0.2, 0.25) is 0 Å². The van der Waals surface area contributed by atoms with Crippen molar-refractivity contribution in [3.05, 3.63) is 6.33 Å². The topological polar surface area (TPSA) is 82.3 Å². The zero-order valence-corrected chi connectivity index (χ0v) is 33.5. The first-order valence-electron chi connectivity index (χ1n) is 16.9. The van der Waals surface area contributed by atoms with Crippen LogP contribution in [0.1, 0.15) is 12.8 Å². The molecule has 0 aliphatic carbocycles. The third-order valence-corrected chi connectivity index (χ3v) is 12.5. The first-order chi connectivity index (χ1) is 20.0. The van der Waals surface area contributed by atoms with Crippen LogP contribution in [0.3, 0.4) is 0 Å². The number of anilines is 3. The maximum Gasteiger partial charge on any atom is 0.157 e. The summed E-state index contributed by atoms with van der Waals surface area (Å²) in [4.78, 5) is 14.4. The van der Waals surface area contributed by atoms with Gasteiger partial charge in [0.25, 0.3) is 0 Å². The van der Waals surface area contributed by atoms with Gasteiger partial charge in [0.1, 0.15) is 38.2 Å². The fourth-order valence-electron chi connectivity index (χ4n) is 9.39. The summed E-state index contributed by atoms with van der Waals surface area (Å²) in [7, 11) is 0. The van der Waals surface area contributed by atoms with Crippen molar-refractivity contribution < 1.29 is 85.9 Å². The predicted octanol–water partition coefficient (Wildman–Crippen LogP) is -13.0. The molecule has 0 radical (unpaired) electrons. The summed E-state index contributed by atoms with van der Waals surface area (Å²) in [6.07, 6.45) is 4.51. The Labute approximate surface area is 313 Å². The van der Waals surface area contributed by atoms with Crippen molar-refractivity contribution in [1.29, 1.82) is 0 Å². The molecule has 6 saturated heterocycles. The molecular weight excluding hydrogens is 834 g/mol. The van der Waals surface area contributed by atoms with Gasteiger partial charge in [0, 0.05) is 39.0 Å². The number of hydrogen-bond acceptors (Lipinski definition) is 7. The van der Waals surface area contributed by atoms with E-state index >= 15 is 0 Å². The maximum absolute atomic E-state index is 6.89. The summed E-state index contributed by atoms with van der Waals surface area (Å²) >= 11 is 0. The van der Waals surface area contributed by atoms with Crippen molar-refractivity contribution in [2.24, 2.45) is 0 Å². The molecule has 0 unspecified atom stereocenters. The Morgan fingerprint density at radius 3 is 1.11 bits per heavy atom. The van der Waals surface area contributed by atoms with Gasteiger partial charge in [0.15, 0.2) is 11.6 Å².